The van der Waals surface area contributed by atoms with Crippen LogP contribution in [0.4, 0.5) is 4.39 Å². The molecule has 12 nitrogen and oxygen atoms in total. The van der Waals surface area contributed by atoms with Crippen LogP contribution in [0.1, 0.15) is 91.4 Å². The van der Waals surface area contributed by atoms with Crippen LogP contribution in [0, 0.1) is 40.3 Å². The third-order valence-electron chi connectivity index (χ3n) is 12.5. The first-order valence-electron chi connectivity index (χ1n) is 19.6. The molecule has 4 fully saturated rings. The lowest BCUT2D eigenvalue weighted by molar-refractivity contribution is -0.152. The third-order valence-corrected chi connectivity index (χ3v) is 14.3. The molecule has 1 saturated heterocycles. The fourth-order valence-corrected chi connectivity index (χ4v) is 9.83. The molecular weight excluding hydrogens is 730 g/mol. The molecule has 0 bridgehead atoms. The van der Waals surface area contributed by atoms with E-state index in [0.717, 1.165) is 19.3 Å². The average molecular weight is 782 g/mol. The van der Waals surface area contributed by atoms with Crippen LogP contribution in [0.15, 0.2) is 36.5 Å². The van der Waals surface area contributed by atoms with Gasteiger partial charge >= 0.3 is 5.97 Å². The lowest BCUT2D eigenvalue weighted by atomic mass is 9.82. The molecule has 5 aliphatic rings. The van der Waals surface area contributed by atoms with Gasteiger partial charge in [-0.2, -0.15) is 0 Å². The highest BCUT2D eigenvalue weighted by Crippen LogP contribution is 2.57. The summed E-state index contributed by atoms with van der Waals surface area (Å²) in [6.45, 7) is 6.39. The minimum absolute atomic E-state index is 0.0236. The maximum atomic E-state index is 14.8. The van der Waals surface area contributed by atoms with E-state index in [1.807, 2.05) is 19.1 Å². The molecule has 1 aromatic heterocycles. The number of nitrogens with zero attached hydrogens (tertiary/aromatic N) is 2. The van der Waals surface area contributed by atoms with Crippen molar-refractivity contribution in [2.45, 2.75) is 109 Å². The molecule has 0 spiro atoms. The zero-order chi connectivity index (χ0) is 39.3. The highest BCUT2D eigenvalue weighted by Gasteiger charge is 2.61. The van der Waals surface area contributed by atoms with Gasteiger partial charge in [0.1, 0.15) is 17.7 Å². The molecule has 298 valence electrons. The number of carbonyl (C=O) groups excluding carboxylic acids is 4. The predicted molar refractivity (Wildman–Crippen MR) is 201 cm³/mol. The van der Waals surface area contributed by atoms with Crippen LogP contribution < -0.4 is 14.2 Å². The highest BCUT2D eigenvalue weighted by atomic mass is 32.2. The summed E-state index contributed by atoms with van der Waals surface area (Å²) in [6.07, 6.45) is 9.68. The number of amides is 2. The summed E-state index contributed by atoms with van der Waals surface area (Å²) in [5, 5.41) is 0.307. The van der Waals surface area contributed by atoms with E-state index >= 15 is 0 Å². The van der Waals surface area contributed by atoms with Crippen molar-refractivity contribution in [2.24, 2.45) is 34.5 Å². The second kappa shape index (κ2) is 15.1. The number of hydrogen-bond acceptors (Lipinski definition) is 10. The van der Waals surface area contributed by atoms with Gasteiger partial charge in [0, 0.05) is 35.9 Å². The second-order valence-corrected chi connectivity index (χ2v) is 19.2. The van der Waals surface area contributed by atoms with Crippen molar-refractivity contribution in [3.05, 3.63) is 42.4 Å². The Bertz CT molecular complexity index is 2000. The van der Waals surface area contributed by atoms with Gasteiger partial charge in [0.25, 0.3) is 0 Å². The first kappa shape index (κ1) is 39.2. The van der Waals surface area contributed by atoms with E-state index in [-0.39, 0.29) is 67.4 Å². The number of halogens is 1. The minimum Gasteiger partial charge on any atom is -0.496 e. The normalized spacial score (nSPS) is 31.3. The summed E-state index contributed by atoms with van der Waals surface area (Å²) in [5.41, 5.74) is -1.31. The number of allylic oxidation sites excluding steroid dienone is 2. The zero-order valence-electron chi connectivity index (χ0n) is 32.1. The molecule has 7 atom stereocenters. The predicted octanol–water partition coefficient (Wildman–Crippen LogP) is 5.67. The van der Waals surface area contributed by atoms with Gasteiger partial charge in [-0.05, 0) is 81.3 Å². The largest absolute Gasteiger partial charge is 0.496 e. The molecule has 3 heterocycles. The molecule has 0 radical (unpaired) electrons. The number of sulfonamides is 1. The van der Waals surface area contributed by atoms with E-state index < -0.39 is 62.2 Å². The Labute approximate surface area is 322 Å². The maximum Gasteiger partial charge on any atom is 0.306 e. The second-order valence-electron chi connectivity index (χ2n) is 17.2. The Morgan fingerprint density at radius 3 is 2.56 bits per heavy atom. The van der Waals surface area contributed by atoms with E-state index in [0.29, 0.717) is 48.6 Å². The van der Waals surface area contributed by atoms with Crippen molar-refractivity contribution in [2.75, 3.05) is 20.3 Å². The number of rotatable bonds is 10. The quantitative estimate of drug-likeness (QED) is 0.235. The fraction of sp³-hybridized carbons (Fsp3) is 0.634. The van der Waals surface area contributed by atoms with Crippen LogP contribution in [0.25, 0.3) is 10.8 Å². The molecule has 1 N–H and O–H groups in total. The molecule has 14 heteroatoms. The van der Waals surface area contributed by atoms with Crippen molar-refractivity contribution in [3.63, 3.8) is 0 Å². The fourth-order valence-electron chi connectivity index (χ4n) is 8.45. The molecule has 2 aromatic rings. The van der Waals surface area contributed by atoms with Crippen LogP contribution in [-0.4, -0.2) is 79.5 Å². The average Bonchev–Trinajstić information content (AvgIpc) is 4.08. The SMILES string of the molecule is COc1cc(F)cc2c(O[C@@H]3C[C@H]4C(=O)C[C@]5(C(=O)NS(=O)(=O)C6CC6)C[C@H]5/C=C\CC[C@@H](C)C[C@@H](C)[C@H](CC(=O)OCC5(C)CC5)C(=O)N4C3)nccc12. The molecule has 3 aliphatic carbocycles. The van der Waals surface area contributed by atoms with Gasteiger partial charge in [-0.25, -0.2) is 17.8 Å². The molecule has 1 aromatic carbocycles. The number of nitrogens with one attached hydrogen (secondary N) is 1. The Kier molecular flexibility index (Phi) is 10.8. The number of methoxy groups -OCH3 is 1. The van der Waals surface area contributed by atoms with E-state index in [1.54, 1.807) is 6.07 Å². The molecule has 3 saturated carbocycles. The minimum atomic E-state index is -3.87. The van der Waals surface area contributed by atoms with Crippen LogP contribution >= 0.6 is 0 Å². The molecule has 55 heavy (non-hydrogen) atoms. The summed E-state index contributed by atoms with van der Waals surface area (Å²) >= 11 is 0. The van der Waals surface area contributed by atoms with Crippen LogP contribution in [0.2, 0.25) is 0 Å². The van der Waals surface area contributed by atoms with Crippen molar-refractivity contribution >= 4 is 44.4 Å². The Morgan fingerprint density at radius 1 is 1.09 bits per heavy atom. The lowest BCUT2D eigenvalue weighted by Gasteiger charge is -2.32. The molecule has 7 rings (SSSR count). The van der Waals surface area contributed by atoms with E-state index in [9.17, 15) is 32.0 Å². The highest BCUT2D eigenvalue weighted by molar-refractivity contribution is 7.90. The van der Waals surface area contributed by atoms with Crippen molar-refractivity contribution in [1.82, 2.24) is 14.6 Å². The van der Waals surface area contributed by atoms with Crippen LogP contribution in [-0.2, 0) is 33.9 Å². The number of hydrogen-bond donors (Lipinski definition) is 1. The number of ether oxygens (including phenoxy) is 3. The van der Waals surface area contributed by atoms with Crippen molar-refractivity contribution in [1.29, 1.82) is 0 Å². The summed E-state index contributed by atoms with van der Waals surface area (Å²) in [6, 6.07) is 3.19. The summed E-state index contributed by atoms with van der Waals surface area (Å²) in [4.78, 5) is 62.5. The molecular formula is C41H52FN3O9S. The lowest BCUT2D eigenvalue weighted by Crippen LogP contribution is -2.47. The Balaban J connectivity index is 1.21. The molecule has 2 aliphatic heterocycles. The van der Waals surface area contributed by atoms with Crippen LogP contribution in [0.5, 0.6) is 11.6 Å². The smallest absolute Gasteiger partial charge is 0.306 e. The maximum absolute atomic E-state index is 14.8. The van der Waals surface area contributed by atoms with Gasteiger partial charge in [-0.15, -0.1) is 0 Å². The van der Waals surface area contributed by atoms with Gasteiger partial charge in [0.05, 0.1) is 54.7 Å². The Hall–Kier alpha value is -4.07. The summed E-state index contributed by atoms with van der Waals surface area (Å²) in [5.74, 6) is -3.27. The zero-order valence-corrected chi connectivity index (χ0v) is 32.9. The number of pyridine rings is 1. The molecule has 2 amide bonds. The van der Waals surface area contributed by atoms with Gasteiger partial charge < -0.3 is 19.1 Å². The summed E-state index contributed by atoms with van der Waals surface area (Å²) < 4.78 is 60.3. The van der Waals surface area contributed by atoms with E-state index in [1.165, 1.54) is 30.3 Å². The van der Waals surface area contributed by atoms with E-state index in [4.69, 9.17) is 14.2 Å². The van der Waals surface area contributed by atoms with Crippen molar-refractivity contribution in [3.8, 4) is 11.6 Å². The standard InChI is InChI=1S/C41H52FN3O9S/c1-24-7-5-6-8-26-20-41(26,39(49)44-55(50,51)29-9-10-29)21-34(46)33-18-28(54-37-32-16-27(42)17-35(52-4)30(32)11-14-43-37)22-45(33)38(48)31(25(2)15-24)19-36(47)53-23-40(3)12-13-40/h6,8,11,14,16-17,24-26,28-29,31,33H,5,7,9-10,12-13,15,18-23H2,1-4H3,(H,44,49)/b8-6-/t24-,25-,26-,28-,31+,33+,41-/m1/s1. The number of aromatic nitrogens is 1. The Morgan fingerprint density at radius 2 is 1.85 bits per heavy atom. The first-order chi connectivity index (χ1) is 26.1. The number of carbonyl (C=O) groups is 4. The van der Waals surface area contributed by atoms with Crippen molar-refractivity contribution < 1.29 is 46.2 Å². The number of fused-ring (bicyclic) bond motifs is 3. The van der Waals surface area contributed by atoms with Gasteiger partial charge in [0.2, 0.25) is 27.7 Å². The van der Waals surface area contributed by atoms with Gasteiger partial charge in [-0.1, -0.05) is 32.9 Å². The number of benzene rings is 1. The molecule has 0 unspecified atom stereocenters. The number of Topliss-reactive ketones (excluding diaryl/α,β-unsaturated/α-hetero) is 1. The third kappa shape index (κ3) is 8.53. The first-order valence-corrected chi connectivity index (χ1v) is 21.2. The number of esters is 1. The topological polar surface area (TPSA) is 158 Å². The van der Waals surface area contributed by atoms with Gasteiger partial charge in [-0.3, -0.25) is 23.9 Å². The van der Waals surface area contributed by atoms with Crippen LogP contribution in [0.3, 0.4) is 0 Å². The monoisotopic (exact) mass is 781 g/mol. The number of ketones is 1. The van der Waals surface area contributed by atoms with E-state index in [2.05, 4.69) is 23.6 Å². The van der Waals surface area contributed by atoms with Gasteiger partial charge in [0.15, 0.2) is 5.78 Å². The summed E-state index contributed by atoms with van der Waals surface area (Å²) in [7, 11) is -2.44.